The normalized spacial score (nSPS) is 10.4. The summed E-state index contributed by atoms with van der Waals surface area (Å²) in [5.74, 6) is -0.298. The Morgan fingerprint density at radius 2 is 1.69 bits per heavy atom. The molecule has 0 spiro atoms. The lowest BCUT2D eigenvalue weighted by Crippen LogP contribution is -2.21. The van der Waals surface area contributed by atoms with Crippen molar-refractivity contribution in [3.8, 4) is 5.75 Å². The monoisotopic (exact) mass is 409 g/mol. The zero-order valence-corrected chi connectivity index (χ0v) is 16.4. The summed E-state index contributed by atoms with van der Waals surface area (Å²) >= 11 is 6.05. The third-order valence-electron chi connectivity index (χ3n) is 4.22. The zero-order valence-electron chi connectivity index (χ0n) is 15.6. The highest BCUT2D eigenvalue weighted by Crippen LogP contribution is 2.25. The second-order valence-corrected chi connectivity index (χ2v) is 6.78. The average Bonchev–Trinajstić information content (AvgIpc) is 2.74. The molecule has 0 saturated carbocycles. The smallest absolute Gasteiger partial charge is 0.262 e. The van der Waals surface area contributed by atoms with Gasteiger partial charge in [-0.2, -0.15) is 0 Å². The van der Waals surface area contributed by atoms with E-state index in [-0.39, 0.29) is 30.7 Å². The predicted molar refractivity (Wildman–Crippen MR) is 113 cm³/mol. The number of rotatable bonds is 8. The van der Waals surface area contributed by atoms with Gasteiger partial charge in [0.25, 0.3) is 5.91 Å². The van der Waals surface area contributed by atoms with Crippen molar-refractivity contribution in [1.82, 2.24) is 0 Å². The summed E-state index contributed by atoms with van der Waals surface area (Å²) in [5.41, 5.74) is 2.40. The molecule has 0 unspecified atom stereocenters. The lowest BCUT2D eigenvalue weighted by Gasteiger charge is -2.12. The second-order valence-electron chi connectivity index (χ2n) is 6.34. The number of carbonyl (C=O) groups excluding carboxylic acids is 2. The summed E-state index contributed by atoms with van der Waals surface area (Å²) in [5, 5.41) is 12.1. The van der Waals surface area contributed by atoms with Crippen LogP contribution in [-0.2, 0) is 11.2 Å². The van der Waals surface area contributed by atoms with E-state index in [4.69, 9.17) is 21.4 Å². The minimum absolute atomic E-state index is 0.0741. The van der Waals surface area contributed by atoms with E-state index in [2.05, 4.69) is 5.32 Å². The van der Waals surface area contributed by atoms with Gasteiger partial charge in [-0.25, -0.2) is 0 Å². The van der Waals surface area contributed by atoms with E-state index in [1.807, 2.05) is 18.2 Å². The van der Waals surface area contributed by atoms with Gasteiger partial charge in [-0.05, 0) is 42.3 Å². The van der Waals surface area contributed by atoms with Crippen LogP contribution >= 0.6 is 11.6 Å². The lowest BCUT2D eigenvalue weighted by molar-refractivity contribution is -0.118. The van der Waals surface area contributed by atoms with Gasteiger partial charge in [0, 0.05) is 22.9 Å². The average molecular weight is 410 g/mol. The van der Waals surface area contributed by atoms with E-state index in [1.165, 1.54) is 6.07 Å². The van der Waals surface area contributed by atoms with Gasteiger partial charge >= 0.3 is 0 Å². The number of ketones is 1. The van der Waals surface area contributed by atoms with Crippen LogP contribution in [0.1, 0.15) is 21.5 Å². The van der Waals surface area contributed by atoms with Crippen LogP contribution in [-0.4, -0.2) is 30.0 Å². The summed E-state index contributed by atoms with van der Waals surface area (Å²) < 4.78 is 5.61. The Kier molecular flexibility index (Phi) is 7.00. The van der Waals surface area contributed by atoms with E-state index in [9.17, 15) is 9.59 Å². The third kappa shape index (κ3) is 5.67. The van der Waals surface area contributed by atoms with Crippen molar-refractivity contribution in [2.24, 2.45) is 0 Å². The Labute approximate surface area is 173 Å². The first kappa shape index (κ1) is 20.6. The van der Waals surface area contributed by atoms with Gasteiger partial charge in [0.2, 0.25) is 0 Å². The molecule has 6 heteroatoms. The molecule has 0 aliphatic rings. The minimum Gasteiger partial charge on any atom is -0.483 e. The van der Waals surface area contributed by atoms with Crippen molar-refractivity contribution in [2.45, 2.75) is 6.42 Å². The van der Waals surface area contributed by atoms with Crippen LogP contribution in [0.15, 0.2) is 72.8 Å². The topological polar surface area (TPSA) is 75.6 Å². The molecule has 148 valence electrons. The van der Waals surface area contributed by atoms with Gasteiger partial charge in [-0.15, -0.1) is 0 Å². The second kappa shape index (κ2) is 9.87. The Bertz CT molecular complexity index is 988. The van der Waals surface area contributed by atoms with Gasteiger partial charge in [-0.3, -0.25) is 9.59 Å². The van der Waals surface area contributed by atoms with Gasteiger partial charge in [0.05, 0.1) is 5.56 Å². The fourth-order valence-corrected chi connectivity index (χ4v) is 2.95. The Hall–Kier alpha value is -3.15. The standard InChI is InChI=1S/C23H20ClNO4/c24-18-8-11-21(20(14-18)23(28)17-4-2-1-3-5-17)29-15-22(27)25-19-9-6-16(7-10-19)12-13-26/h1-11,14,26H,12-13,15H2,(H,25,27). The first-order valence-corrected chi connectivity index (χ1v) is 9.46. The summed E-state index contributed by atoms with van der Waals surface area (Å²) in [6.07, 6.45) is 0.562. The van der Waals surface area contributed by atoms with Crippen molar-refractivity contribution >= 4 is 29.0 Å². The fourth-order valence-electron chi connectivity index (χ4n) is 2.77. The fraction of sp³-hybridized carbons (Fsp3) is 0.130. The van der Waals surface area contributed by atoms with Crippen LogP contribution in [0.5, 0.6) is 5.75 Å². The molecule has 0 fully saturated rings. The minimum atomic E-state index is -0.354. The van der Waals surface area contributed by atoms with Crippen LogP contribution < -0.4 is 10.1 Å². The Morgan fingerprint density at radius 3 is 2.38 bits per heavy atom. The van der Waals surface area contributed by atoms with E-state index in [0.717, 1.165) is 5.56 Å². The van der Waals surface area contributed by atoms with Gasteiger partial charge in [0.1, 0.15) is 5.75 Å². The molecular weight excluding hydrogens is 390 g/mol. The lowest BCUT2D eigenvalue weighted by atomic mass is 10.0. The quantitative estimate of drug-likeness (QED) is 0.549. The number of carbonyl (C=O) groups is 2. The van der Waals surface area contributed by atoms with Crippen molar-refractivity contribution in [3.05, 3.63) is 94.5 Å². The number of aliphatic hydroxyl groups excluding tert-OH is 1. The third-order valence-corrected chi connectivity index (χ3v) is 4.45. The van der Waals surface area contributed by atoms with Crippen LogP contribution in [0, 0.1) is 0 Å². The number of hydrogen-bond acceptors (Lipinski definition) is 4. The number of anilines is 1. The molecule has 0 heterocycles. The number of aliphatic hydroxyl groups is 1. The maximum absolute atomic E-state index is 12.8. The number of amides is 1. The van der Waals surface area contributed by atoms with Crippen molar-refractivity contribution < 1.29 is 19.4 Å². The van der Waals surface area contributed by atoms with Crippen LogP contribution in [0.3, 0.4) is 0 Å². The largest absolute Gasteiger partial charge is 0.483 e. The molecule has 0 atom stereocenters. The SMILES string of the molecule is O=C(COc1ccc(Cl)cc1C(=O)c1ccccc1)Nc1ccc(CCO)cc1. The number of nitrogens with one attached hydrogen (secondary N) is 1. The molecule has 0 radical (unpaired) electrons. The predicted octanol–water partition coefficient (Wildman–Crippen LogP) is 4.12. The first-order chi connectivity index (χ1) is 14.1. The highest BCUT2D eigenvalue weighted by molar-refractivity contribution is 6.31. The maximum atomic E-state index is 12.8. The highest BCUT2D eigenvalue weighted by Gasteiger charge is 2.16. The molecule has 0 bridgehead atoms. The number of hydrogen-bond donors (Lipinski definition) is 2. The molecule has 3 aromatic rings. The molecule has 5 nitrogen and oxygen atoms in total. The van der Waals surface area contributed by atoms with E-state index in [0.29, 0.717) is 28.3 Å². The molecule has 3 rings (SSSR count). The highest BCUT2D eigenvalue weighted by atomic mass is 35.5. The number of halogens is 1. The Balaban J connectivity index is 1.67. The summed E-state index contributed by atoms with van der Waals surface area (Å²) in [6.45, 7) is -0.181. The van der Waals surface area contributed by atoms with E-state index < -0.39 is 0 Å². The van der Waals surface area contributed by atoms with Gasteiger partial charge < -0.3 is 15.2 Å². The van der Waals surface area contributed by atoms with Crippen LogP contribution in [0.25, 0.3) is 0 Å². The molecular formula is C23H20ClNO4. The molecule has 0 aliphatic heterocycles. The summed E-state index contributed by atoms with van der Waals surface area (Å²) in [6, 6.07) is 20.7. The number of benzene rings is 3. The number of ether oxygens (including phenoxy) is 1. The molecule has 0 aliphatic carbocycles. The van der Waals surface area contributed by atoms with Crippen molar-refractivity contribution in [2.75, 3.05) is 18.5 Å². The van der Waals surface area contributed by atoms with Crippen molar-refractivity contribution in [3.63, 3.8) is 0 Å². The van der Waals surface area contributed by atoms with Gasteiger partial charge in [0.15, 0.2) is 12.4 Å². The summed E-state index contributed by atoms with van der Waals surface area (Å²) in [4.78, 5) is 25.0. The van der Waals surface area contributed by atoms with Crippen LogP contribution in [0.4, 0.5) is 5.69 Å². The molecule has 0 saturated heterocycles. The van der Waals surface area contributed by atoms with Gasteiger partial charge in [-0.1, -0.05) is 54.1 Å². The van der Waals surface area contributed by atoms with E-state index >= 15 is 0 Å². The first-order valence-electron chi connectivity index (χ1n) is 9.08. The Morgan fingerprint density at radius 1 is 0.966 bits per heavy atom. The molecule has 0 aromatic heterocycles. The van der Waals surface area contributed by atoms with Crippen molar-refractivity contribution in [1.29, 1.82) is 0 Å². The molecule has 29 heavy (non-hydrogen) atoms. The van der Waals surface area contributed by atoms with E-state index in [1.54, 1.807) is 48.5 Å². The zero-order chi connectivity index (χ0) is 20.6. The molecule has 2 N–H and O–H groups in total. The maximum Gasteiger partial charge on any atom is 0.262 e. The van der Waals surface area contributed by atoms with Crippen LogP contribution in [0.2, 0.25) is 5.02 Å². The molecule has 3 aromatic carbocycles. The summed E-state index contributed by atoms with van der Waals surface area (Å²) in [7, 11) is 0. The molecule has 1 amide bonds.